The molecule has 140 valence electrons. The molecule has 0 saturated carbocycles. The van der Waals surface area contributed by atoms with Crippen molar-refractivity contribution < 1.29 is 26.9 Å². The van der Waals surface area contributed by atoms with Crippen molar-refractivity contribution in [2.24, 2.45) is 0 Å². The third kappa shape index (κ3) is 6.59. The van der Waals surface area contributed by atoms with Gasteiger partial charge < -0.3 is 9.47 Å². The van der Waals surface area contributed by atoms with Gasteiger partial charge in [-0.15, -0.1) is 0 Å². The van der Waals surface area contributed by atoms with Crippen LogP contribution in [0.15, 0.2) is 59.5 Å². The van der Waals surface area contributed by atoms with Gasteiger partial charge in [-0.05, 0) is 24.6 Å². The van der Waals surface area contributed by atoms with Crippen molar-refractivity contribution in [3.8, 4) is 0 Å². The Morgan fingerprint density at radius 2 is 1.65 bits per heavy atom. The Labute approximate surface area is 153 Å². The van der Waals surface area contributed by atoms with Crippen molar-refractivity contribution in [2.75, 3.05) is 13.2 Å². The van der Waals surface area contributed by atoms with Gasteiger partial charge in [0.2, 0.25) is 0 Å². The summed E-state index contributed by atoms with van der Waals surface area (Å²) in [6.07, 6.45) is -0.709. The van der Waals surface area contributed by atoms with E-state index in [2.05, 4.69) is 0 Å². The summed E-state index contributed by atoms with van der Waals surface area (Å²) >= 11 is 0. The second-order valence-corrected chi connectivity index (χ2v) is 7.39. The van der Waals surface area contributed by atoms with Crippen LogP contribution in [0.1, 0.15) is 18.1 Å². The number of esters is 1. The molecule has 1 unspecified atom stereocenters. The number of rotatable bonds is 9. The van der Waals surface area contributed by atoms with Crippen molar-refractivity contribution >= 4 is 16.1 Å². The highest BCUT2D eigenvalue weighted by Crippen LogP contribution is 2.14. The van der Waals surface area contributed by atoms with E-state index in [4.69, 9.17) is 13.7 Å². The first-order chi connectivity index (χ1) is 12.4. The minimum Gasteiger partial charge on any atom is -0.463 e. The normalized spacial score (nSPS) is 12.5. The lowest BCUT2D eigenvalue weighted by Gasteiger charge is -2.18. The zero-order chi connectivity index (χ0) is 19.0. The van der Waals surface area contributed by atoms with Crippen LogP contribution in [0.5, 0.6) is 0 Å². The Kier molecular flexibility index (Phi) is 7.32. The molecule has 0 fully saturated rings. The highest BCUT2D eigenvalue weighted by Gasteiger charge is 2.20. The topological polar surface area (TPSA) is 78.9 Å². The van der Waals surface area contributed by atoms with E-state index >= 15 is 0 Å². The first-order valence-corrected chi connectivity index (χ1v) is 9.52. The van der Waals surface area contributed by atoms with E-state index in [1.165, 1.54) is 19.1 Å². The van der Waals surface area contributed by atoms with Crippen LogP contribution < -0.4 is 0 Å². The zero-order valence-electron chi connectivity index (χ0n) is 14.8. The summed E-state index contributed by atoms with van der Waals surface area (Å²) in [5.41, 5.74) is 1.87. The lowest BCUT2D eigenvalue weighted by molar-refractivity contribution is -0.146. The summed E-state index contributed by atoms with van der Waals surface area (Å²) in [5, 5.41) is 0. The second kappa shape index (κ2) is 9.47. The van der Waals surface area contributed by atoms with Gasteiger partial charge in [-0.25, -0.2) is 0 Å². The van der Waals surface area contributed by atoms with E-state index < -0.39 is 22.2 Å². The third-order valence-corrected chi connectivity index (χ3v) is 4.82. The molecule has 0 aliphatic carbocycles. The van der Waals surface area contributed by atoms with Crippen LogP contribution in [0.4, 0.5) is 0 Å². The molecule has 0 aliphatic rings. The van der Waals surface area contributed by atoms with Crippen LogP contribution in [0.3, 0.4) is 0 Å². The van der Waals surface area contributed by atoms with Crippen molar-refractivity contribution in [1.29, 1.82) is 0 Å². The summed E-state index contributed by atoms with van der Waals surface area (Å²) in [4.78, 5) is 11.1. The lowest BCUT2D eigenvalue weighted by Crippen LogP contribution is -2.28. The molecule has 6 nitrogen and oxygen atoms in total. The number of hydrogen-bond acceptors (Lipinski definition) is 6. The molecule has 0 saturated heterocycles. The fraction of sp³-hybridized carbons (Fsp3) is 0.316. The van der Waals surface area contributed by atoms with E-state index in [1.807, 2.05) is 37.3 Å². The monoisotopic (exact) mass is 378 g/mol. The Morgan fingerprint density at radius 3 is 2.27 bits per heavy atom. The summed E-state index contributed by atoms with van der Waals surface area (Å²) < 4.78 is 40.2. The smallest absolute Gasteiger partial charge is 0.302 e. The first-order valence-electron chi connectivity index (χ1n) is 8.12. The van der Waals surface area contributed by atoms with Gasteiger partial charge in [0.05, 0.1) is 18.1 Å². The van der Waals surface area contributed by atoms with Gasteiger partial charge >= 0.3 is 5.97 Å². The molecule has 2 rings (SSSR count). The molecular weight excluding hydrogens is 356 g/mol. The SMILES string of the molecule is CC(=O)OCC(COS(=O)(=O)c1ccc(C)cc1)OCc1ccccc1. The fourth-order valence-corrected chi connectivity index (χ4v) is 3.02. The molecule has 0 N–H and O–H groups in total. The van der Waals surface area contributed by atoms with Crippen LogP contribution in [-0.4, -0.2) is 33.7 Å². The van der Waals surface area contributed by atoms with Gasteiger partial charge in [0.25, 0.3) is 10.1 Å². The van der Waals surface area contributed by atoms with E-state index in [0.29, 0.717) is 0 Å². The van der Waals surface area contributed by atoms with E-state index in [0.717, 1.165) is 11.1 Å². The van der Waals surface area contributed by atoms with Gasteiger partial charge in [-0.2, -0.15) is 8.42 Å². The first kappa shape index (κ1) is 20.1. The van der Waals surface area contributed by atoms with Gasteiger partial charge in [-0.1, -0.05) is 48.0 Å². The van der Waals surface area contributed by atoms with Crippen molar-refractivity contribution in [1.82, 2.24) is 0 Å². The maximum Gasteiger partial charge on any atom is 0.302 e. The maximum atomic E-state index is 12.3. The molecule has 1 atom stereocenters. The molecule has 0 radical (unpaired) electrons. The summed E-state index contributed by atoms with van der Waals surface area (Å²) in [6, 6.07) is 15.7. The number of benzene rings is 2. The van der Waals surface area contributed by atoms with E-state index in [9.17, 15) is 13.2 Å². The van der Waals surface area contributed by atoms with Gasteiger partial charge in [-0.3, -0.25) is 8.98 Å². The highest BCUT2D eigenvalue weighted by atomic mass is 32.2. The molecule has 26 heavy (non-hydrogen) atoms. The quantitative estimate of drug-likeness (QED) is 0.493. The average Bonchev–Trinajstić information content (AvgIpc) is 2.62. The lowest BCUT2D eigenvalue weighted by atomic mass is 10.2. The Bertz CT molecular complexity index is 800. The Hall–Kier alpha value is -2.22. The molecular formula is C19H22O6S. The van der Waals surface area contributed by atoms with Crippen LogP contribution in [0.2, 0.25) is 0 Å². The number of carbonyl (C=O) groups excluding carboxylic acids is 1. The minimum atomic E-state index is -3.91. The average molecular weight is 378 g/mol. The molecule has 7 heteroatoms. The molecule has 2 aromatic carbocycles. The molecule has 0 bridgehead atoms. The van der Waals surface area contributed by atoms with E-state index in [-0.39, 0.29) is 24.7 Å². The molecule has 0 spiro atoms. The predicted molar refractivity (Wildman–Crippen MR) is 96.0 cm³/mol. The van der Waals surface area contributed by atoms with E-state index in [1.54, 1.807) is 12.1 Å². The van der Waals surface area contributed by atoms with Crippen LogP contribution >= 0.6 is 0 Å². The van der Waals surface area contributed by atoms with Crippen molar-refractivity contribution in [2.45, 2.75) is 31.5 Å². The van der Waals surface area contributed by atoms with Gasteiger partial charge in [0.15, 0.2) is 0 Å². The van der Waals surface area contributed by atoms with Crippen molar-refractivity contribution in [3.05, 3.63) is 65.7 Å². The molecule has 0 heterocycles. The zero-order valence-corrected chi connectivity index (χ0v) is 15.6. The number of carbonyl (C=O) groups is 1. The Morgan fingerprint density at radius 1 is 1.00 bits per heavy atom. The van der Waals surface area contributed by atoms with Crippen LogP contribution in [0, 0.1) is 6.92 Å². The molecule has 0 amide bonds. The number of aryl methyl sites for hydroxylation is 1. The summed E-state index contributed by atoms with van der Waals surface area (Å²) in [7, 11) is -3.91. The molecule has 0 aliphatic heterocycles. The number of hydrogen-bond donors (Lipinski definition) is 0. The van der Waals surface area contributed by atoms with Crippen LogP contribution in [0.25, 0.3) is 0 Å². The molecule has 2 aromatic rings. The third-order valence-electron chi connectivity index (χ3n) is 3.52. The summed E-state index contributed by atoms with van der Waals surface area (Å²) in [5.74, 6) is -0.472. The van der Waals surface area contributed by atoms with Gasteiger partial charge in [0, 0.05) is 6.92 Å². The minimum absolute atomic E-state index is 0.0670. The fourth-order valence-electron chi connectivity index (χ4n) is 2.08. The van der Waals surface area contributed by atoms with Crippen molar-refractivity contribution in [3.63, 3.8) is 0 Å². The molecule has 0 aromatic heterocycles. The predicted octanol–water partition coefficient (Wildman–Crippen LogP) is 2.85. The maximum absolute atomic E-state index is 12.3. The highest BCUT2D eigenvalue weighted by molar-refractivity contribution is 7.86. The van der Waals surface area contributed by atoms with Crippen LogP contribution in [-0.2, 0) is 35.2 Å². The standard InChI is InChI=1S/C19H22O6S/c1-15-8-10-19(11-9-15)26(21,22)25-14-18(13-23-16(2)20)24-12-17-6-4-3-5-7-17/h3-11,18H,12-14H2,1-2H3. The number of ether oxygens (including phenoxy) is 2. The van der Waals surface area contributed by atoms with Gasteiger partial charge in [0.1, 0.15) is 12.7 Å². The summed E-state index contributed by atoms with van der Waals surface area (Å²) in [6.45, 7) is 3.05. The second-order valence-electron chi connectivity index (χ2n) is 5.77. The largest absolute Gasteiger partial charge is 0.463 e. The Balaban J connectivity index is 1.98.